The summed E-state index contributed by atoms with van der Waals surface area (Å²) in [6.45, 7) is 5.64. The number of hydrogen-bond donors (Lipinski definition) is 1. The van der Waals surface area contributed by atoms with Gasteiger partial charge in [-0.1, -0.05) is 6.92 Å². The summed E-state index contributed by atoms with van der Waals surface area (Å²) in [6, 6.07) is 8.78. The van der Waals surface area contributed by atoms with Gasteiger partial charge in [-0.2, -0.15) is 0 Å². The number of pyridine rings is 1. The van der Waals surface area contributed by atoms with Crippen molar-refractivity contribution in [2.24, 2.45) is 0 Å². The van der Waals surface area contributed by atoms with Gasteiger partial charge in [0.25, 0.3) is 0 Å². The van der Waals surface area contributed by atoms with Crippen LogP contribution in [-0.4, -0.2) is 42.6 Å². The van der Waals surface area contributed by atoms with Crippen LogP contribution < -0.4 is 10.6 Å². The summed E-state index contributed by atoms with van der Waals surface area (Å²) in [5.74, 6) is 0. The number of nitrogens with two attached hydrogens (primary N) is 1. The van der Waals surface area contributed by atoms with E-state index in [-0.39, 0.29) is 0 Å². The lowest BCUT2D eigenvalue weighted by Gasteiger charge is -2.30. The number of benzene rings is 1. The molecule has 2 N–H and O–H groups in total. The molecule has 21 heavy (non-hydrogen) atoms. The molecule has 1 unspecified atom stereocenters. The molecule has 1 aliphatic heterocycles. The fourth-order valence-corrected chi connectivity index (χ4v) is 3.43. The third kappa shape index (κ3) is 2.68. The number of hydrogen-bond acceptors (Lipinski definition) is 4. The van der Waals surface area contributed by atoms with E-state index < -0.39 is 0 Å². The molecule has 4 heteroatoms. The van der Waals surface area contributed by atoms with Gasteiger partial charge in [0, 0.05) is 31.2 Å². The Morgan fingerprint density at radius 1 is 1.38 bits per heavy atom. The number of anilines is 2. The SMILES string of the molecule is CCN1CCCC1CN(C)c1ccc2ncccc2c1N. The van der Waals surface area contributed by atoms with Gasteiger partial charge in [-0.25, -0.2) is 0 Å². The Balaban J connectivity index is 1.84. The third-order valence-electron chi connectivity index (χ3n) is 4.60. The van der Waals surface area contributed by atoms with Crippen LogP contribution in [0.2, 0.25) is 0 Å². The van der Waals surface area contributed by atoms with Crippen molar-refractivity contribution < 1.29 is 0 Å². The predicted octanol–water partition coefficient (Wildman–Crippen LogP) is 2.74. The number of fused-ring (bicyclic) bond motifs is 1. The molecule has 0 bridgehead atoms. The zero-order valence-corrected chi connectivity index (χ0v) is 12.9. The second-order valence-corrected chi connectivity index (χ2v) is 5.87. The van der Waals surface area contributed by atoms with E-state index >= 15 is 0 Å². The molecule has 112 valence electrons. The summed E-state index contributed by atoms with van der Waals surface area (Å²) in [5, 5.41) is 1.04. The topological polar surface area (TPSA) is 45.4 Å². The first-order chi connectivity index (χ1) is 10.2. The van der Waals surface area contributed by atoms with E-state index in [4.69, 9.17) is 5.73 Å². The van der Waals surface area contributed by atoms with Gasteiger partial charge in [0.05, 0.1) is 16.9 Å². The molecule has 1 aromatic heterocycles. The number of rotatable bonds is 4. The Morgan fingerprint density at radius 3 is 3.05 bits per heavy atom. The summed E-state index contributed by atoms with van der Waals surface area (Å²) in [4.78, 5) is 9.22. The summed E-state index contributed by atoms with van der Waals surface area (Å²) in [5.41, 5.74) is 9.27. The van der Waals surface area contributed by atoms with Crippen LogP contribution in [0.3, 0.4) is 0 Å². The van der Waals surface area contributed by atoms with Gasteiger partial charge in [0.15, 0.2) is 0 Å². The molecule has 1 atom stereocenters. The number of likely N-dealkylation sites (tertiary alicyclic amines) is 1. The van der Waals surface area contributed by atoms with E-state index in [1.165, 1.54) is 19.4 Å². The largest absolute Gasteiger partial charge is 0.396 e. The van der Waals surface area contributed by atoms with Crippen LogP contribution in [0.25, 0.3) is 10.9 Å². The van der Waals surface area contributed by atoms with Gasteiger partial charge in [-0.05, 0) is 50.2 Å². The Morgan fingerprint density at radius 2 is 2.24 bits per heavy atom. The van der Waals surface area contributed by atoms with Crippen molar-refractivity contribution in [1.29, 1.82) is 0 Å². The minimum atomic E-state index is 0.643. The fourth-order valence-electron chi connectivity index (χ4n) is 3.43. The Labute approximate surface area is 126 Å². The van der Waals surface area contributed by atoms with Crippen molar-refractivity contribution in [1.82, 2.24) is 9.88 Å². The Bertz CT molecular complexity index is 625. The highest BCUT2D eigenvalue weighted by Crippen LogP contribution is 2.30. The van der Waals surface area contributed by atoms with E-state index in [9.17, 15) is 0 Å². The van der Waals surface area contributed by atoms with E-state index in [1.54, 1.807) is 0 Å². The average Bonchev–Trinajstić information content (AvgIpc) is 2.95. The highest BCUT2D eigenvalue weighted by Gasteiger charge is 2.24. The van der Waals surface area contributed by atoms with Gasteiger partial charge < -0.3 is 10.6 Å². The molecule has 1 aliphatic rings. The van der Waals surface area contributed by atoms with Gasteiger partial charge >= 0.3 is 0 Å². The molecule has 0 saturated carbocycles. The second-order valence-electron chi connectivity index (χ2n) is 5.87. The van der Waals surface area contributed by atoms with Crippen LogP contribution in [-0.2, 0) is 0 Å². The molecular formula is C17H24N4. The van der Waals surface area contributed by atoms with Gasteiger partial charge in [0.1, 0.15) is 0 Å². The monoisotopic (exact) mass is 284 g/mol. The fraction of sp³-hybridized carbons (Fsp3) is 0.471. The average molecular weight is 284 g/mol. The smallest absolute Gasteiger partial charge is 0.0724 e. The van der Waals surface area contributed by atoms with Crippen molar-refractivity contribution >= 4 is 22.3 Å². The molecule has 0 spiro atoms. The van der Waals surface area contributed by atoms with Gasteiger partial charge in [0.2, 0.25) is 0 Å². The lowest BCUT2D eigenvalue weighted by atomic mass is 10.1. The standard InChI is InChI=1S/C17H24N4/c1-3-21-11-5-6-13(21)12-20(2)16-9-8-15-14(17(16)18)7-4-10-19-15/h4,7-10,13H,3,5-6,11-12,18H2,1-2H3. The van der Waals surface area contributed by atoms with Crippen LogP contribution in [0.4, 0.5) is 11.4 Å². The number of nitrogens with zero attached hydrogens (tertiary/aromatic N) is 3. The van der Waals surface area contributed by atoms with Gasteiger partial charge in [-0.3, -0.25) is 9.88 Å². The van der Waals surface area contributed by atoms with E-state index in [2.05, 4.69) is 40.9 Å². The van der Waals surface area contributed by atoms with E-state index in [0.29, 0.717) is 6.04 Å². The Kier molecular flexibility index (Phi) is 3.97. The maximum absolute atomic E-state index is 6.37. The lowest BCUT2D eigenvalue weighted by Crippen LogP contribution is -2.38. The first kappa shape index (κ1) is 14.1. The van der Waals surface area contributed by atoms with Crippen LogP contribution in [0.1, 0.15) is 19.8 Å². The minimum Gasteiger partial charge on any atom is -0.396 e. The van der Waals surface area contributed by atoms with Crippen molar-refractivity contribution in [3.05, 3.63) is 30.5 Å². The minimum absolute atomic E-state index is 0.643. The van der Waals surface area contributed by atoms with Crippen LogP contribution in [0.15, 0.2) is 30.5 Å². The normalized spacial score (nSPS) is 19.2. The summed E-state index contributed by atoms with van der Waals surface area (Å²) in [7, 11) is 2.14. The summed E-state index contributed by atoms with van der Waals surface area (Å²) >= 11 is 0. The van der Waals surface area contributed by atoms with Crippen molar-refractivity contribution in [2.75, 3.05) is 37.3 Å². The highest BCUT2D eigenvalue weighted by atomic mass is 15.2. The maximum Gasteiger partial charge on any atom is 0.0724 e. The molecule has 1 saturated heterocycles. The first-order valence-electron chi connectivity index (χ1n) is 7.79. The number of likely N-dealkylation sites (N-methyl/N-ethyl adjacent to an activating group) is 2. The van der Waals surface area contributed by atoms with Crippen molar-refractivity contribution in [2.45, 2.75) is 25.8 Å². The Hall–Kier alpha value is -1.81. The summed E-state index contributed by atoms with van der Waals surface area (Å²) < 4.78 is 0. The van der Waals surface area contributed by atoms with Crippen molar-refractivity contribution in [3.63, 3.8) is 0 Å². The second kappa shape index (κ2) is 5.90. The maximum atomic E-state index is 6.37. The molecule has 3 rings (SSSR count). The molecule has 2 heterocycles. The first-order valence-corrected chi connectivity index (χ1v) is 7.79. The lowest BCUT2D eigenvalue weighted by molar-refractivity contribution is 0.270. The number of nitrogen functional groups attached to an aromatic ring is 1. The quantitative estimate of drug-likeness (QED) is 0.877. The molecule has 0 amide bonds. The molecule has 0 radical (unpaired) electrons. The van der Waals surface area contributed by atoms with Gasteiger partial charge in [-0.15, -0.1) is 0 Å². The van der Waals surface area contributed by atoms with E-state index in [0.717, 1.165) is 35.4 Å². The molecular weight excluding hydrogens is 260 g/mol. The van der Waals surface area contributed by atoms with Crippen LogP contribution >= 0.6 is 0 Å². The summed E-state index contributed by atoms with van der Waals surface area (Å²) in [6.07, 6.45) is 4.40. The number of aromatic nitrogens is 1. The molecule has 1 aromatic carbocycles. The molecule has 2 aromatic rings. The van der Waals surface area contributed by atoms with E-state index in [1.807, 2.05) is 18.3 Å². The van der Waals surface area contributed by atoms with Crippen LogP contribution in [0.5, 0.6) is 0 Å². The highest BCUT2D eigenvalue weighted by molar-refractivity contribution is 5.97. The molecule has 0 aliphatic carbocycles. The van der Waals surface area contributed by atoms with Crippen LogP contribution in [0, 0.1) is 0 Å². The van der Waals surface area contributed by atoms with Crippen molar-refractivity contribution in [3.8, 4) is 0 Å². The molecule has 4 nitrogen and oxygen atoms in total. The zero-order valence-electron chi connectivity index (χ0n) is 12.9. The molecule has 1 fully saturated rings. The predicted molar refractivity (Wildman–Crippen MR) is 89.7 cm³/mol. The third-order valence-corrected chi connectivity index (χ3v) is 4.60. The zero-order chi connectivity index (χ0) is 14.8.